The number of hydrogen-bond donors (Lipinski definition) is 0. The average Bonchev–Trinajstić information content (AvgIpc) is 3.12. The zero-order valence-corrected chi connectivity index (χ0v) is 25.0. The molecule has 0 atom stereocenters. The standard InChI is InChI=1S/C23H44NP.C5H8.Ti/c1-10-17-21(4,5)25(22(6,7)18-11-2,23(8,9)19-12-3)24-20-15-13-14-16-20;1-4-5(2)3;/h13-15H,10-12,16-19H2,1-9H3;4H,1-2H2,3H3;. The molecule has 1 aliphatic rings. The van der Waals surface area contributed by atoms with E-state index in [1.807, 2.05) is 6.92 Å². The summed E-state index contributed by atoms with van der Waals surface area (Å²) < 4.78 is 5.79. The van der Waals surface area contributed by atoms with Crippen LogP contribution < -0.4 is 0 Å². The second kappa shape index (κ2) is 14.2. The molecule has 0 spiro atoms. The molecule has 0 radical (unpaired) electrons. The van der Waals surface area contributed by atoms with Gasteiger partial charge in [0.2, 0.25) is 0 Å². The Hall–Kier alpha value is -0.0957. The van der Waals surface area contributed by atoms with Crippen molar-refractivity contribution >= 4 is 7.05 Å². The molecule has 0 heterocycles. The summed E-state index contributed by atoms with van der Waals surface area (Å²) in [5.41, 5.74) is 2.34. The van der Waals surface area contributed by atoms with Gasteiger partial charge in [0.25, 0.3) is 0 Å². The van der Waals surface area contributed by atoms with Gasteiger partial charge in [-0.25, -0.2) is 0 Å². The third kappa shape index (κ3) is 8.32. The van der Waals surface area contributed by atoms with Crippen molar-refractivity contribution in [3.8, 4) is 0 Å². The molecule has 178 valence electrons. The van der Waals surface area contributed by atoms with Gasteiger partial charge in [-0.15, -0.1) is 0 Å². The van der Waals surface area contributed by atoms with Crippen LogP contribution in [0, 0.1) is 0 Å². The Bertz CT molecular complexity index is 625. The molecule has 0 unspecified atom stereocenters. The van der Waals surface area contributed by atoms with Crippen molar-refractivity contribution in [2.24, 2.45) is 4.74 Å². The zero-order valence-electron chi connectivity index (χ0n) is 22.6. The fourth-order valence-corrected chi connectivity index (χ4v) is 13.8. The van der Waals surface area contributed by atoms with Gasteiger partial charge < -0.3 is 0 Å². The van der Waals surface area contributed by atoms with Crippen LogP contribution in [-0.4, -0.2) is 15.5 Å². The Morgan fingerprint density at radius 1 is 0.935 bits per heavy atom. The fraction of sp³-hybridized carbons (Fsp3) is 0.714. The summed E-state index contributed by atoms with van der Waals surface area (Å²) in [5, 5.41) is 0.799. The predicted octanol–water partition coefficient (Wildman–Crippen LogP) is 10.5. The molecule has 0 N–H and O–H groups in total. The van der Waals surface area contributed by atoms with E-state index in [4.69, 9.17) is 4.74 Å². The quantitative estimate of drug-likeness (QED) is 0.158. The Morgan fingerprint density at radius 2 is 1.29 bits per heavy atom. The van der Waals surface area contributed by atoms with Crippen LogP contribution in [0.4, 0.5) is 0 Å². The van der Waals surface area contributed by atoms with Crippen molar-refractivity contribution in [1.82, 2.24) is 0 Å². The van der Waals surface area contributed by atoms with Crippen molar-refractivity contribution in [2.45, 2.75) is 130 Å². The van der Waals surface area contributed by atoms with Gasteiger partial charge in [0, 0.05) is 49.3 Å². The summed E-state index contributed by atoms with van der Waals surface area (Å²) >= 11 is 0. The van der Waals surface area contributed by atoms with Gasteiger partial charge in [0.15, 0.2) is 0 Å². The van der Waals surface area contributed by atoms with Crippen LogP contribution in [0.3, 0.4) is 0 Å². The van der Waals surface area contributed by atoms with Crippen LogP contribution in [0.25, 0.3) is 0 Å². The minimum Gasteiger partial charge on any atom is -0.270 e. The van der Waals surface area contributed by atoms with Gasteiger partial charge in [0.05, 0.1) is 0 Å². The SMILES string of the molecule is C=CC(=C)C.CCCC(C)(C)P(=NC1=CC=CC1)(C(C)(C)CCC)C(C)(C)CCC.[Ti]. The Labute approximate surface area is 211 Å². The number of hydrogen-bond acceptors (Lipinski definition) is 1. The first kappa shape index (κ1) is 33.1. The smallest absolute Gasteiger partial charge is 0.0425 e. The minimum absolute atomic E-state index is 0. The maximum Gasteiger partial charge on any atom is 0.0425 e. The molecular formula is C28H52NPTi. The molecule has 0 saturated carbocycles. The summed E-state index contributed by atoms with van der Waals surface area (Å²) in [6.45, 7) is 31.1. The maximum atomic E-state index is 5.79. The summed E-state index contributed by atoms with van der Waals surface area (Å²) in [7, 11) is -1.69. The topological polar surface area (TPSA) is 12.4 Å². The van der Waals surface area contributed by atoms with Crippen LogP contribution >= 0.6 is 7.05 Å². The first-order valence-electron chi connectivity index (χ1n) is 12.0. The Balaban J connectivity index is 0. The fourth-order valence-electron chi connectivity index (χ4n) is 5.89. The minimum atomic E-state index is -1.69. The monoisotopic (exact) mass is 481 g/mol. The third-order valence-electron chi connectivity index (χ3n) is 6.59. The van der Waals surface area contributed by atoms with Crippen LogP contribution in [0.2, 0.25) is 0 Å². The predicted molar refractivity (Wildman–Crippen MR) is 143 cm³/mol. The molecule has 0 aliphatic heterocycles. The number of allylic oxidation sites excluding steroid dienone is 5. The molecule has 31 heavy (non-hydrogen) atoms. The van der Waals surface area contributed by atoms with Gasteiger partial charge in [-0.1, -0.05) is 119 Å². The van der Waals surface area contributed by atoms with E-state index >= 15 is 0 Å². The molecule has 0 fully saturated rings. The summed E-state index contributed by atoms with van der Waals surface area (Å²) in [6.07, 6.45) is 17.0. The van der Waals surface area contributed by atoms with E-state index in [1.54, 1.807) is 6.08 Å². The summed E-state index contributed by atoms with van der Waals surface area (Å²) in [4.78, 5) is 0. The zero-order chi connectivity index (χ0) is 23.6. The van der Waals surface area contributed by atoms with E-state index in [1.165, 1.54) is 44.2 Å². The first-order valence-corrected chi connectivity index (χ1v) is 13.8. The molecule has 0 aromatic heterocycles. The van der Waals surface area contributed by atoms with Crippen molar-refractivity contribution < 1.29 is 21.7 Å². The van der Waals surface area contributed by atoms with Crippen LogP contribution in [0.5, 0.6) is 0 Å². The summed E-state index contributed by atoms with van der Waals surface area (Å²) in [5.74, 6) is 0. The molecule has 3 heteroatoms. The van der Waals surface area contributed by atoms with Crippen molar-refractivity contribution in [2.75, 3.05) is 0 Å². The van der Waals surface area contributed by atoms with Crippen LogP contribution in [0.1, 0.15) is 114 Å². The molecule has 0 amide bonds. The number of nitrogens with zero attached hydrogens (tertiary/aromatic N) is 1. The van der Waals surface area contributed by atoms with Gasteiger partial charge in [-0.3, -0.25) is 4.74 Å². The molecule has 0 saturated heterocycles. The third-order valence-corrected chi connectivity index (χ3v) is 13.1. The molecule has 1 rings (SSSR count). The maximum absolute atomic E-state index is 5.79. The van der Waals surface area contributed by atoms with Gasteiger partial charge in [0.1, 0.15) is 0 Å². The Kier molecular flexibility index (Phi) is 15.2. The second-order valence-electron chi connectivity index (χ2n) is 10.8. The molecule has 1 nitrogen and oxygen atoms in total. The average molecular weight is 482 g/mol. The molecule has 0 aromatic rings. The number of rotatable bonds is 11. The Morgan fingerprint density at radius 3 is 1.52 bits per heavy atom. The van der Waals surface area contributed by atoms with Crippen LogP contribution in [-0.2, 0) is 21.7 Å². The van der Waals surface area contributed by atoms with Crippen molar-refractivity contribution in [1.29, 1.82) is 0 Å². The molecule has 0 bridgehead atoms. The van der Waals surface area contributed by atoms with E-state index in [0.29, 0.717) is 0 Å². The second-order valence-corrected chi connectivity index (χ2v) is 15.9. The van der Waals surface area contributed by atoms with Crippen LogP contribution in [0.15, 0.2) is 53.5 Å². The largest absolute Gasteiger partial charge is 0.270 e. The van der Waals surface area contributed by atoms with E-state index < -0.39 is 7.05 Å². The van der Waals surface area contributed by atoms with Gasteiger partial charge in [-0.2, -0.15) is 0 Å². The van der Waals surface area contributed by atoms with Gasteiger partial charge in [-0.05, 0) is 39.3 Å². The van der Waals surface area contributed by atoms with E-state index in [9.17, 15) is 0 Å². The molecular weight excluding hydrogens is 429 g/mol. The van der Waals surface area contributed by atoms with E-state index in [-0.39, 0.29) is 37.2 Å². The first-order chi connectivity index (χ1) is 13.8. The van der Waals surface area contributed by atoms with E-state index in [0.717, 1.165) is 12.0 Å². The molecule has 1 aliphatic carbocycles. The van der Waals surface area contributed by atoms with Crippen molar-refractivity contribution in [3.05, 3.63) is 48.7 Å². The van der Waals surface area contributed by atoms with Crippen molar-refractivity contribution in [3.63, 3.8) is 0 Å². The van der Waals surface area contributed by atoms with Gasteiger partial charge >= 0.3 is 0 Å². The summed E-state index contributed by atoms with van der Waals surface area (Å²) in [6, 6.07) is 0. The normalized spacial score (nSPS) is 14.2. The molecule has 0 aromatic carbocycles. The van der Waals surface area contributed by atoms with E-state index in [2.05, 4.69) is 93.7 Å².